The average molecular weight is 417 g/mol. The molecule has 0 radical (unpaired) electrons. The summed E-state index contributed by atoms with van der Waals surface area (Å²) in [6.07, 6.45) is 0. The molecule has 0 atom stereocenters. The third-order valence-corrected chi connectivity index (χ3v) is 96.1. The average Bonchev–Trinajstić information content (AvgIpc) is 2.03. The Hall–Kier alpha value is 0.534. The summed E-state index contributed by atoms with van der Waals surface area (Å²) in [6, 6.07) is 0. The molecule has 2 saturated heterocycles. The maximum Gasteiger partial charge on any atom is -0.147 e. The van der Waals surface area contributed by atoms with Gasteiger partial charge in [0.05, 0.1) is 0 Å². The van der Waals surface area contributed by atoms with Crippen LogP contribution in [0.5, 0.6) is 0 Å². The van der Waals surface area contributed by atoms with Crippen LogP contribution in [0.2, 0.25) is 26.2 Å². The summed E-state index contributed by atoms with van der Waals surface area (Å²) in [7, 11) is 0. The molecular weight excluding hydrogens is 402 g/mol. The van der Waals surface area contributed by atoms with E-state index in [1.807, 2.05) is 0 Å². The van der Waals surface area contributed by atoms with Crippen molar-refractivity contribution in [3.63, 3.8) is 0 Å². The second kappa shape index (κ2) is 3.02. The van der Waals surface area contributed by atoms with Crippen LogP contribution in [0.25, 0.3) is 0 Å². The minimum Gasteiger partial charge on any atom is -0.147 e. The van der Waals surface area contributed by atoms with Crippen molar-refractivity contribution in [3.8, 4) is 0 Å². The SMILES string of the molecule is C[Si]1(C)C(=O)[NH][Hf]12[NH]C(=O)[Si]2(C)C.Cl. The second-order valence-corrected chi connectivity index (χ2v) is 62.8. The van der Waals surface area contributed by atoms with Crippen molar-refractivity contribution >= 4 is 34.0 Å². The number of halogens is 1. The molecule has 0 aliphatic carbocycles. The molecule has 2 N–H and O–H groups in total. The van der Waals surface area contributed by atoms with Crippen molar-refractivity contribution in [1.29, 1.82) is 0 Å². The fourth-order valence-electron chi connectivity index (χ4n) is 2.31. The van der Waals surface area contributed by atoms with E-state index in [-0.39, 0.29) is 23.5 Å². The van der Waals surface area contributed by atoms with E-state index in [9.17, 15) is 9.59 Å². The zero-order chi connectivity index (χ0) is 10.1. The summed E-state index contributed by atoms with van der Waals surface area (Å²) >= 11 is -2.72. The maximum atomic E-state index is 11.4. The number of amides is 2. The number of carbonyl (C=O) groups is 2. The maximum absolute atomic E-state index is 11.4. The molecule has 14 heavy (non-hydrogen) atoms. The van der Waals surface area contributed by atoms with Crippen molar-refractivity contribution in [2.75, 3.05) is 0 Å². The summed E-state index contributed by atoms with van der Waals surface area (Å²) in [4.78, 5) is 22.9. The van der Waals surface area contributed by atoms with Gasteiger partial charge in [0, 0.05) is 0 Å². The van der Waals surface area contributed by atoms with Gasteiger partial charge in [0.1, 0.15) is 0 Å². The van der Waals surface area contributed by atoms with E-state index < -0.39 is 29.4 Å². The van der Waals surface area contributed by atoms with Gasteiger partial charge in [0.2, 0.25) is 0 Å². The molecule has 80 valence electrons. The molecule has 2 amide bonds. The van der Waals surface area contributed by atoms with Gasteiger partial charge in [-0.2, -0.15) is 0 Å². The van der Waals surface area contributed by atoms with Gasteiger partial charge in [-0.1, -0.05) is 0 Å². The first-order valence-electron chi connectivity index (χ1n) is 4.41. The summed E-state index contributed by atoms with van der Waals surface area (Å²) < 4.78 is 6.28. The van der Waals surface area contributed by atoms with E-state index in [0.29, 0.717) is 0 Å². The van der Waals surface area contributed by atoms with Crippen LogP contribution in [-0.4, -0.2) is 21.6 Å². The molecule has 0 saturated carbocycles. The number of rotatable bonds is 0. The standard InChI is InChI=1S/2C3H8NOSi.ClH.Hf/c2*1-6(2)3(4)5;;/h2*1-2H3,(H2,4,5);1H;/q;;;+2/p-2. The molecule has 0 bridgehead atoms. The number of hydrogen-bond donors (Lipinski definition) is 2. The first-order valence-corrected chi connectivity index (χ1v) is 24.8. The summed E-state index contributed by atoms with van der Waals surface area (Å²) in [5.74, 6) is 0. The van der Waals surface area contributed by atoms with Gasteiger partial charge in [0.15, 0.2) is 0 Å². The minimum absolute atomic E-state index is 0. The fraction of sp³-hybridized carbons (Fsp3) is 0.667. The molecule has 2 heterocycles. The van der Waals surface area contributed by atoms with E-state index >= 15 is 0 Å². The molecule has 2 aliphatic heterocycles. The Labute approximate surface area is 94.7 Å². The second-order valence-electron chi connectivity index (χ2n) is 4.91. The van der Waals surface area contributed by atoms with E-state index in [4.69, 9.17) is 0 Å². The van der Waals surface area contributed by atoms with Crippen molar-refractivity contribution in [2.45, 2.75) is 26.2 Å². The predicted molar refractivity (Wildman–Crippen MR) is 59.3 cm³/mol. The Balaban J connectivity index is 0.000000980. The van der Waals surface area contributed by atoms with E-state index in [0.717, 1.165) is 0 Å². The van der Waals surface area contributed by atoms with Crippen LogP contribution < -0.4 is 6.61 Å². The van der Waals surface area contributed by atoms with Crippen molar-refractivity contribution in [1.82, 2.24) is 6.61 Å². The predicted octanol–water partition coefficient (Wildman–Crippen LogP) is 1.41. The molecule has 2 fully saturated rings. The Kier molecular flexibility index (Phi) is 2.72. The third kappa shape index (κ3) is 1.01. The fourth-order valence-corrected chi connectivity index (χ4v) is 102. The Morgan fingerprint density at radius 1 is 0.929 bits per heavy atom. The van der Waals surface area contributed by atoms with Crippen LogP contribution in [0.1, 0.15) is 0 Å². The first-order chi connectivity index (χ1) is 5.76. The van der Waals surface area contributed by atoms with Gasteiger partial charge in [-0.05, 0) is 0 Å². The first kappa shape index (κ1) is 12.6. The molecule has 1 spiro atoms. The van der Waals surface area contributed by atoms with Crippen molar-refractivity contribution < 1.29 is 28.5 Å². The normalized spacial score (nSPS) is 29.1. The van der Waals surface area contributed by atoms with Crippen LogP contribution >= 0.6 is 12.4 Å². The van der Waals surface area contributed by atoms with Crippen LogP contribution in [0.4, 0.5) is 9.59 Å². The smallest absolute Gasteiger partial charge is 0.147 e. The van der Waals surface area contributed by atoms with E-state index in [1.165, 1.54) is 0 Å². The van der Waals surface area contributed by atoms with Gasteiger partial charge in [0.25, 0.3) is 0 Å². The zero-order valence-corrected chi connectivity index (χ0v) is 15.1. The van der Waals surface area contributed by atoms with E-state index in [1.54, 1.807) is 0 Å². The quantitative estimate of drug-likeness (QED) is 0.586. The van der Waals surface area contributed by atoms with Crippen LogP contribution in [0.15, 0.2) is 0 Å². The minimum atomic E-state index is -2.72. The van der Waals surface area contributed by atoms with Gasteiger partial charge in [-0.3, -0.25) is 0 Å². The molecule has 0 aromatic rings. The van der Waals surface area contributed by atoms with Crippen LogP contribution in [0.3, 0.4) is 0 Å². The van der Waals surface area contributed by atoms with Crippen LogP contribution in [0, 0.1) is 0 Å². The van der Waals surface area contributed by atoms with Gasteiger partial charge in [-0.15, -0.1) is 12.4 Å². The molecule has 4 nitrogen and oxygen atoms in total. The van der Waals surface area contributed by atoms with Gasteiger partial charge >= 0.3 is 82.8 Å². The summed E-state index contributed by atoms with van der Waals surface area (Å²) in [6.45, 7) is 8.51. The third-order valence-electron chi connectivity index (χ3n) is 3.61. The topological polar surface area (TPSA) is 58.2 Å². The molecule has 0 aromatic heterocycles. The Morgan fingerprint density at radius 3 is 1.36 bits per heavy atom. The number of hydrogen-bond acceptors (Lipinski definition) is 2. The molecule has 0 aromatic carbocycles. The van der Waals surface area contributed by atoms with Crippen LogP contribution in [-0.2, 0) is 18.9 Å². The molecule has 2 aliphatic rings. The molecular formula is C6H15ClHfN2O2Si2. The number of carbonyl (C=O) groups excluding carboxylic acids is 2. The van der Waals surface area contributed by atoms with E-state index in [2.05, 4.69) is 32.8 Å². The van der Waals surface area contributed by atoms with Gasteiger partial charge in [-0.25, -0.2) is 0 Å². The Bertz CT molecular complexity index is 302. The summed E-state index contributed by atoms with van der Waals surface area (Å²) in [5, 5.41) is -3.39. The Morgan fingerprint density at radius 2 is 1.21 bits per heavy atom. The van der Waals surface area contributed by atoms with Crippen molar-refractivity contribution in [3.05, 3.63) is 0 Å². The molecule has 8 heteroatoms. The summed E-state index contributed by atoms with van der Waals surface area (Å²) in [5.41, 5.74) is 0.546. The molecule has 2 rings (SSSR count). The van der Waals surface area contributed by atoms with Crippen molar-refractivity contribution in [2.24, 2.45) is 0 Å². The monoisotopic (exact) mass is 418 g/mol. The largest absolute Gasteiger partial charge is 0.147 e. The van der Waals surface area contributed by atoms with Gasteiger partial charge < -0.3 is 0 Å². The molecule has 0 unspecified atom stereocenters. The zero-order valence-electron chi connectivity index (χ0n) is 8.72. The number of nitrogens with one attached hydrogen (secondary N) is 2.